The highest BCUT2D eigenvalue weighted by Crippen LogP contribution is 2.21. The van der Waals surface area contributed by atoms with Crippen molar-refractivity contribution in [1.29, 1.82) is 0 Å². The topological polar surface area (TPSA) is 79.9 Å². The first-order valence-corrected chi connectivity index (χ1v) is 3.47. The minimum Gasteiger partial charge on any atom is -0.282 e. The molecule has 62 valence electrons. The fourth-order valence-electron chi connectivity index (χ4n) is 1.24. The second kappa shape index (κ2) is 2.40. The van der Waals surface area contributed by atoms with Crippen molar-refractivity contribution in [1.82, 2.24) is 5.43 Å². The third-order valence-corrected chi connectivity index (χ3v) is 1.83. The van der Waals surface area contributed by atoms with Crippen molar-refractivity contribution < 1.29 is 4.92 Å². The van der Waals surface area contributed by atoms with Crippen LogP contribution < -0.4 is 5.43 Å². The Balaban J connectivity index is 2.32. The molecule has 0 aromatic heterocycles. The third-order valence-electron chi connectivity index (χ3n) is 1.83. The van der Waals surface area contributed by atoms with E-state index in [1.165, 1.54) is 6.08 Å². The van der Waals surface area contributed by atoms with E-state index in [1.807, 2.05) is 0 Å². The highest BCUT2D eigenvalue weighted by molar-refractivity contribution is 5.25. The van der Waals surface area contributed by atoms with Crippen LogP contribution in [0.4, 0.5) is 0 Å². The van der Waals surface area contributed by atoms with E-state index >= 15 is 0 Å². The van der Waals surface area contributed by atoms with Gasteiger partial charge in [0.15, 0.2) is 6.04 Å². The van der Waals surface area contributed by atoms with Gasteiger partial charge in [0.05, 0.1) is 11.0 Å². The average Bonchev–Trinajstić information content (AvgIpc) is 2.49. The summed E-state index contributed by atoms with van der Waals surface area (Å²) < 4.78 is 0. The summed E-state index contributed by atoms with van der Waals surface area (Å²) in [6.07, 6.45) is 4.90. The zero-order valence-corrected chi connectivity index (χ0v) is 6.04. The molecule has 0 saturated carbocycles. The third kappa shape index (κ3) is 0.884. The molecule has 2 unspecified atom stereocenters. The van der Waals surface area contributed by atoms with Gasteiger partial charge in [-0.1, -0.05) is 17.4 Å². The molecule has 6 heteroatoms. The first kappa shape index (κ1) is 6.96. The van der Waals surface area contributed by atoms with E-state index in [4.69, 9.17) is 0 Å². The van der Waals surface area contributed by atoms with Crippen LogP contribution in [0.5, 0.6) is 0 Å². The van der Waals surface area contributed by atoms with Crippen molar-refractivity contribution in [2.45, 2.75) is 12.1 Å². The molecular weight excluding hydrogens is 160 g/mol. The van der Waals surface area contributed by atoms with Crippen LogP contribution in [0.3, 0.4) is 0 Å². The predicted octanol–water partition coefficient (Wildman–Crippen LogP) is 0.424. The Morgan fingerprint density at radius 2 is 2.50 bits per heavy atom. The van der Waals surface area contributed by atoms with Gasteiger partial charge in [0.25, 0.3) is 5.70 Å². The largest absolute Gasteiger partial charge is 0.282 e. The quantitative estimate of drug-likeness (QED) is 0.453. The molecule has 2 rings (SSSR count). The number of nitrogens with zero attached hydrogens (tertiary/aromatic N) is 3. The predicted molar refractivity (Wildman–Crippen MR) is 39.8 cm³/mol. The Morgan fingerprint density at radius 1 is 1.67 bits per heavy atom. The summed E-state index contributed by atoms with van der Waals surface area (Å²) in [7, 11) is 0. The normalized spacial score (nSPS) is 30.8. The van der Waals surface area contributed by atoms with E-state index < -0.39 is 11.0 Å². The maximum Gasteiger partial charge on any atom is 0.275 e. The van der Waals surface area contributed by atoms with Crippen molar-refractivity contribution in [3.63, 3.8) is 0 Å². The number of allylic oxidation sites excluding steroid dienone is 2. The Bertz CT molecular complexity index is 307. The fourth-order valence-corrected chi connectivity index (χ4v) is 1.24. The van der Waals surface area contributed by atoms with E-state index in [1.54, 1.807) is 12.2 Å². The van der Waals surface area contributed by atoms with Gasteiger partial charge < -0.3 is 0 Å². The molecule has 0 saturated heterocycles. The second-order valence-electron chi connectivity index (χ2n) is 2.55. The zero-order valence-electron chi connectivity index (χ0n) is 6.04. The summed E-state index contributed by atoms with van der Waals surface area (Å²) in [6.45, 7) is 0. The molecule has 12 heavy (non-hydrogen) atoms. The number of nitrogens with one attached hydrogen (secondary N) is 1. The molecule has 0 amide bonds. The molecule has 0 radical (unpaired) electrons. The molecule has 0 aromatic rings. The highest BCUT2D eigenvalue weighted by atomic mass is 16.6. The lowest BCUT2D eigenvalue weighted by Crippen LogP contribution is -2.33. The zero-order chi connectivity index (χ0) is 8.55. The van der Waals surface area contributed by atoms with Gasteiger partial charge in [-0.2, -0.15) is 5.11 Å². The van der Waals surface area contributed by atoms with Gasteiger partial charge >= 0.3 is 0 Å². The SMILES string of the molecule is O=[N+]([O-])C1=CC=CC2NN=NC12. The van der Waals surface area contributed by atoms with Crippen molar-refractivity contribution in [2.75, 3.05) is 0 Å². The summed E-state index contributed by atoms with van der Waals surface area (Å²) in [5.41, 5.74) is 2.76. The lowest BCUT2D eigenvalue weighted by Gasteiger charge is -2.12. The smallest absolute Gasteiger partial charge is 0.275 e. The Labute approximate surface area is 67.8 Å². The van der Waals surface area contributed by atoms with Crippen LogP contribution in [0.15, 0.2) is 34.3 Å². The summed E-state index contributed by atoms with van der Waals surface area (Å²) >= 11 is 0. The van der Waals surface area contributed by atoms with E-state index in [2.05, 4.69) is 15.8 Å². The lowest BCUT2D eigenvalue weighted by molar-refractivity contribution is -0.429. The molecule has 0 spiro atoms. The van der Waals surface area contributed by atoms with Crippen LogP contribution in [-0.4, -0.2) is 17.0 Å². The molecule has 0 bridgehead atoms. The minimum atomic E-state index is -0.454. The lowest BCUT2D eigenvalue weighted by atomic mass is 10.0. The first-order chi connectivity index (χ1) is 5.79. The first-order valence-electron chi connectivity index (χ1n) is 3.47. The van der Waals surface area contributed by atoms with Gasteiger partial charge in [0.2, 0.25) is 0 Å². The van der Waals surface area contributed by atoms with Crippen molar-refractivity contribution in [3.05, 3.63) is 34.0 Å². The average molecular weight is 166 g/mol. The van der Waals surface area contributed by atoms with Crippen molar-refractivity contribution in [3.8, 4) is 0 Å². The van der Waals surface area contributed by atoms with E-state index in [-0.39, 0.29) is 11.7 Å². The van der Waals surface area contributed by atoms with Gasteiger partial charge in [-0.3, -0.25) is 15.5 Å². The monoisotopic (exact) mass is 166 g/mol. The summed E-state index contributed by atoms with van der Waals surface area (Å²) in [6, 6.07) is -0.597. The summed E-state index contributed by atoms with van der Waals surface area (Å²) in [5, 5.41) is 17.7. The fraction of sp³-hybridized carbons (Fsp3) is 0.333. The summed E-state index contributed by atoms with van der Waals surface area (Å²) in [4.78, 5) is 10.0. The molecule has 1 heterocycles. The van der Waals surface area contributed by atoms with E-state index in [0.717, 1.165) is 0 Å². The standard InChI is InChI=1S/C6H6N4O2/c11-10(12)5-3-1-2-4-6(5)8-9-7-4/h1-4,6H,(H,7,8). The van der Waals surface area contributed by atoms with Gasteiger partial charge in [-0.25, -0.2) is 0 Å². The van der Waals surface area contributed by atoms with Gasteiger partial charge in [-0.05, 0) is 0 Å². The molecule has 1 aliphatic heterocycles. The second-order valence-corrected chi connectivity index (χ2v) is 2.55. The molecule has 2 aliphatic rings. The number of hydrogen-bond donors (Lipinski definition) is 1. The molecule has 0 fully saturated rings. The number of rotatable bonds is 1. The molecule has 6 nitrogen and oxygen atoms in total. The van der Waals surface area contributed by atoms with Crippen molar-refractivity contribution >= 4 is 0 Å². The molecule has 0 aromatic carbocycles. The van der Waals surface area contributed by atoms with Gasteiger partial charge in [0, 0.05) is 6.08 Å². The van der Waals surface area contributed by atoms with Gasteiger partial charge in [-0.15, -0.1) is 0 Å². The van der Waals surface area contributed by atoms with Crippen LogP contribution in [0, 0.1) is 10.1 Å². The molecule has 1 aliphatic carbocycles. The van der Waals surface area contributed by atoms with Crippen LogP contribution in [-0.2, 0) is 0 Å². The number of hydrogen-bond acceptors (Lipinski definition) is 5. The highest BCUT2D eigenvalue weighted by Gasteiger charge is 2.36. The molecule has 1 N–H and O–H groups in total. The van der Waals surface area contributed by atoms with Crippen LogP contribution >= 0.6 is 0 Å². The van der Waals surface area contributed by atoms with Crippen LogP contribution in [0.25, 0.3) is 0 Å². The van der Waals surface area contributed by atoms with Crippen LogP contribution in [0.1, 0.15) is 0 Å². The number of fused-ring (bicyclic) bond motifs is 1. The number of nitro groups is 1. The Morgan fingerprint density at radius 3 is 3.25 bits per heavy atom. The van der Waals surface area contributed by atoms with E-state index in [9.17, 15) is 10.1 Å². The minimum absolute atomic E-state index is 0.0938. The summed E-state index contributed by atoms with van der Waals surface area (Å²) in [5.74, 6) is 0. The maximum absolute atomic E-state index is 10.5. The van der Waals surface area contributed by atoms with Crippen LogP contribution in [0.2, 0.25) is 0 Å². The van der Waals surface area contributed by atoms with E-state index in [0.29, 0.717) is 0 Å². The van der Waals surface area contributed by atoms with Crippen molar-refractivity contribution in [2.24, 2.45) is 10.3 Å². The maximum atomic E-state index is 10.5. The molecule has 2 atom stereocenters. The Kier molecular flexibility index (Phi) is 1.39. The van der Waals surface area contributed by atoms with Gasteiger partial charge in [0.1, 0.15) is 0 Å². The molecular formula is C6H6N4O2. The Hall–Kier alpha value is -1.72.